The number of carbonyl (C=O) groups is 1. The molecule has 4 heteroatoms. The third-order valence-corrected chi connectivity index (χ3v) is 3.61. The Hall–Kier alpha value is -1.39. The molecule has 1 aromatic carbocycles. The van der Waals surface area contributed by atoms with Gasteiger partial charge in [-0.2, -0.15) is 0 Å². The summed E-state index contributed by atoms with van der Waals surface area (Å²) in [6.45, 7) is 0.157. The standard InChI is InChI=1S/C14H18N2O2/c15-14-11-4-2-1-3-9(11)7-12(14)16-13(17)8-18-10-5-6-10/h1-4,10,12,14H,5-8,15H2,(H,16,17)/t12-,14-/m1/s1. The maximum absolute atomic E-state index is 11.7. The first-order valence-corrected chi connectivity index (χ1v) is 6.48. The Balaban J connectivity index is 1.56. The second-order valence-electron chi connectivity index (χ2n) is 5.11. The quantitative estimate of drug-likeness (QED) is 0.830. The Bertz CT molecular complexity index is 457. The van der Waals surface area contributed by atoms with Crippen molar-refractivity contribution >= 4 is 5.91 Å². The molecule has 4 nitrogen and oxygen atoms in total. The number of nitrogens with two attached hydrogens (primary N) is 1. The summed E-state index contributed by atoms with van der Waals surface area (Å²) in [5, 5.41) is 2.97. The number of ether oxygens (including phenoxy) is 1. The van der Waals surface area contributed by atoms with Gasteiger partial charge in [0, 0.05) is 0 Å². The van der Waals surface area contributed by atoms with Crippen molar-refractivity contribution in [2.45, 2.75) is 37.5 Å². The molecule has 0 spiro atoms. The highest BCUT2D eigenvalue weighted by Crippen LogP contribution is 2.29. The van der Waals surface area contributed by atoms with E-state index < -0.39 is 0 Å². The molecule has 18 heavy (non-hydrogen) atoms. The number of hydrogen-bond donors (Lipinski definition) is 2. The van der Waals surface area contributed by atoms with Crippen molar-refractivity contribution in [2.75, 3.05) is 6.61 Å². The zero-order valence-electron chi connectivity index (χ0n) is 10.3. The molecule has 2 aliphatic rings. The number of fused-ring (bicyclic) bond motifs is 1. The van der Waals surface area contributed by atoms with Crippen molar-refractivity contribution in [3.05, 3.63) is 35.4 Å². The van der Waals surface area contributed by atoms with Crippen molar-refractivity contribution in [3.63, 3.8) is 0 Å². The minimum atomic E-state index is -0.105. The highest BCUT2D eigenvalue weighted by atomic mass is 16.5. The van der Waals surface area contributed by atoms with Crippen LogP contribution in [0, 0.1) is 0 Å². The van der Waals surface area contributed by atoms with Gasteiger partial charge in [0.25, 0.3) is 0 Å². The van der Waals surface area contributed by atoms with E-state index in [0.717, 1.165) is 24.8 Å². The normalized spacial score (nSPS) is 25.8. The van der Waals surface area contributed by atoms with Crippen molar-refractivity contribution < 1.29 is 9.53 Å². The number of hydrogen-bond acceptors (Lipinski definition) is 3. The van der Waals surface area contributed by atoms with Gasteiger partial charge in [-0.25, -0.2) is 0 Å². The first-order valence-electron chi connectivity index (χ1n) is 6.48. The third-order valence-electron chi connectivity index (χ3n) is 3.61. The maximum atomic E-state index is 11.7. The monoisotopic (exact) mass is 246 g/mol. The van der Waals surface area contributed by atoms with Gasteiger partial charge in [0.05, 0.1) is 18.2 Å². The topological polar surface area (TPSA) is 64.3 Å². The minimum absolute atomic E-state index is 0.00213. The van der Waals surface area contributed by atoms with Crippen LogP contribution in [0.3, 0.4) is 0 Å². The Morgan fingerprint density at radius 1 is 1.39 bits per heavy atom. The van der Waals surface area contributed by atoms with Crippen LogP contribution >= 0.6 is 0 Å². The second-order valence-corrected chi connectivity index (χ2v) is 5.11. The van der Waals surface area contributed by atoms with Crippen LogP contribution in [-0.4, -0.2) is 24.7 Å². The van der Waals surface area contributed by atoms with Crippen LogP contribution in [0.15, 0.2) is 24.3 Å². The van der Waals surface area contributed by atoms with Crippen LogP contribution < -0.4 is 11.1 Å². The molecule has 0 bridgehead atoms. The van der Waals surface area contributed by atoms with Gasteiger partial charge in [-0.3, -0.25) is 4.79 Å². The summed E-state index contributed by atoms with van der Waals surface area (Å²) in [4.78, 5) is 11.7. The summed E-state index contributed by atoms with van der Waals surface area (Å²) in [6, 6.07) is 7.99. The molecule has 1 saturated carbocycles. The van der Waals surface area contributed by atoms with Crippen molar-refractivity contribution in [1.82, 2.24) is 5.32 Å². The second kappa shape index (κ2) is 4.71. The Kier molecular flexibility index (Phi) is 3.06. The predicted octanol–water partition coefficient (Wildman–Crippen LogP) is 0.906. The molecule has 3 N–H and O–H groups in total. The fraction of sp³-hybridized carbons (Fsp3) is 0.500. The predicted molar refractivity (Wildman–Crippen MR) is 68.0 cm³/mol. The number of nitrogens with one attached hydrogen (secondary N) is 1. The zero-order chi connectivity index (χ0) is 12.5. The fourth-order valence-corrected chi connectivity index (χ4v) is 2.44. The molecule has 1 fully saturated rings. The third kappa shape index (κ3) is 2.40. The number of benzene rings is 1. The van der Waals surface area contributed by atoms with Gasteiger partial charge in [0.1, 0.15) is 6.61 Å². The number of carbonyl (C=O) groups excluding carboxylic acids is 1. The van der Waals surface area contributed by atoms with E-state index >= 15 is 0 Å². The number of amides is 1. The van der Waals surface area contributed by atoms with Crippen molar-refractivity contribution in [1.29, 1.82) is 0 Å². The molecular formula is C14H18N2O2. The molecule has 0 heterocycles. The Morgan fingerprint density at radius 3 is 2.89 bits per heavy atom. The lowest BCUT2D eigenvalue weighted by molar-refractivity contribution is -0.126. The molecule has 0 saturated heterocycles. The van der Waals surface area contributed by atoms with Crippen LogP contribution in [0.2, 0.25) is 0 Å². The molecule has 0 unspecified atom stereocenters. The van der Waals surface area contributed by atoms with E-state index in [1.54, 1.807) is 0 Å². The summed E-state index contributed by atoms with van der Waals surface area (Å²) in [5.74, 6) is -0.0600. The van der Waals surface area contributed by atoms with Gasteiger partial charge in [0.2, 0.25) is 5.91 Å². The Morgan fingerprint density at radius 2 is 2.17 bits per heavy atom. The van der Waals surface area contributed by atoms with Crippen molar-refractivity contribution in [2.24, 2.45) is 5.73 Å². The average Bonchev–Trinajstić information content (AvgIpc) is 3.15. The first-order chi connectivity index (χ1) is 8.74. The Labute approximate surface area is 107 Å². The molecule has 2 atom stereocenters. The molecule has 0 radical (unpaired) electrons. The van der Waals surface area contributed by atoms with E-state index in [2.05, 4.69) is 11.4 Å². The van der Waals surface area contributed by atoms with E-state index in [-0.39, 0.29) is 24.6 Å². The maximum Gasteiger partial charge on any atom is 0.246 e. The van der Waals surface area contributed by atoms with E-state index in [1.165, 1.54) is 5.56 Å². The van der Waals surface area contributed by atoms with E-state index in [1.807, 2.05) is 18.2 Å². The highest BCUT2D eigenvalue weighted by molar-refractivity contribution is 5.77. The molecule has 1 amide bonds. The summed E-state index contributed by atoms with van der Waals surface area (Å²) < 4.78 is 5.38. The van der Waals surface area contributed by atoms with Gasteiger partial charge in [-0.15, -0.1) is 0 Å². The average molecular weight is 246 g/mol. The van der Waals surface area contributed by atoms with Gasteiger partial charge in [-0.05, 0) is 30.4 Å². The lowest BCUT2D eigenvalue weighted by atomic mass is 10.1. The molecule has 0 aliphatic heterocycles. The van der Waals surface area contributed by atoms with Gasteiger partial charge in [0.15, 0.2) is 0 Å². The molecular weight excluding hydrogens is 228 g/mol. The van der Waals surface area contributed by atoms with E-state index in [4.69, 9.17) is 10.5 Å². The zero-order valence-corrected chi connectivity index (χ0v) is 10.3. The fourth-order valence-electron chi connectivity index (χ4n) is 2.44. The van der Waals surface area contributed by atoms with Gasteiger partial charge >= 0.3 is 0 Å². The van der Waals surface area contributed by atoms with Crippen LogP contribution in [0.1, 0.15) is 30.0 Å². The summed E-state index contributed by atoms with van der Waals surface area (Å²) >= 11 is 0. The van der Waals surface area contributed by atoms with Crippen LogP contribution in [0.5, 0.6) is 0 Å². The number of rotatable bonds is 4. The van der Waals surface area contributed by atoms with E-state index in [0.29, 0.717) is 6.10 Å². The largest absolute Gasteiger partial charge is 0.368 e. The SMILES string of the molecule is N[C@@H]1c2ccccc2C[C@H]1NC(=O)COC1CC1. The van der Waals surface area contributed by atoms with Crippen LogP contribution in [0.4, 0.5) is 0 Å². The summed E-state index contributed by atoms with van der Waals surface area (Å²) in [7, 11) is 0. The molecule has 3 rings (SSSR count). The summed E-state index contributed by atoms with van der Waals surface area (Å²) in [6.07, 6.45) is 3.29. The molecule has 1 aromatic rings. The van der Waals surface area contributed by atoms with Crippen LogP contribution in [0.25, 0.3) is 0 Å². The van der Waals surface area contributed by atoms with Gasteiger partial charge < -0.3 is 15.8 Å². The van der Waals surface area contributed by atoms with Gasteiger partial charge in [-0.1, -0.05) is 24.3 Å². The first kappa shape index (κ1) is 11.7. The molecule has 2 aliphatic carbocycles. The van der Waals surface area contributed by atoms with Crippen LogP contribution in [-0.2, 0) is 16.0 Å². The molecule has 0 aromatic heterocycles. The smallest absolute Gasteiger partial charge is 0.246 e. The lowest BCUT2D eigenvalue weighted by Crippen LogP contribution is -2.42. The highest BCUT2D eigenvalue weighted by Gasteiger charge is 2.31. The minimum Gasteiger partial charge on any atom is -0.368 e. The van der Waals surface area contributed by atoms with Crippen molar-refractivity contribution in [3.8, 4) is 0 Å². The summed E-state index contributed by atoms with van der Waals surface area (Å²) in [5.41, 5.74) is 8.53. The lowest BCUT2D eigenvalue weighted by Gasteiger charge is -2.17. The van der Waals surface area contributed by atoms with E-state index in [9.17, 15) is 4.79 Å². The molecule has 96 valence electrons.